The van der Waals surface area contributed by atoms with E-state index in [1.807, 2.05) is 13.1 Å². The van der Waals surface area contributed by atoms with Gasteiger partial charge in [-0.15, -0.1) is 24.0 Å². The van der Waals surface area contributed by atoms with E-state index in [2.05, 4.69) is 25.2 Å². The number of hydrogen-bond donors (Lipinski definition) is 2. The quantitative estimate of drug-likeness (QED) is 0.222. The monoisotopic (exact) mass is 537 g/mol. The van der Waals surface area contributed by atoms with Crippen molar-refractivity contribution in [2.75, 3.05) is 19.8 Å². The van der Waals surface area contributed by atoms with E-state index in [0.717, 1.165) is 31.8 Å². The SMILES string of the molecule is CN=C(NCCCCn1ccnc1C)NCc1cc(F)ccc1CS(C)(=O)=O.I. The first-order valence-corrected chi connectivity index (χ1v) is 11.2. The number of nitrogens with zero attached hydrogens (tertiary/aromatic N) is 3. The lowest BCUT2D eigenvalue weighted by Gasteiger charge is -2.14. The first kappa shape index (κ1) is 25.3. The van der Waals surface area contributed by atoms with E-state index < -0.39 is 15.7 Å². The lowest BCUT2D eigenvalue weighted by molar-refractivity contribution is 0.588. The standard InChI is InChI=1S/C19H28FN5O2S.HI/c1-15-22-9-11-25(15)10-5-4-8-23-19(21-2)24-13-17-12-18(20)7-6-16(17)14-28(3,26)27;/h6-7,9,11-12H,4-5,8,10,13-14H2,1-3H3,(H2,21,23,24);1H. The number of rotatable bonds is 9. The fourth-order valence-corrected chi connectivity index (χ4v) is 3.68. The summed E-state index contributed by atoms with van der Waals surface area (Å²) in [5.41, 5.74) is 1.19. The van der Waals surface area contributed by atoms with Crippen LogP contribution in [0.5, 0.6) is 0 Å². The van der Waals surface area contributed by atoms with Crippen LogP contribution in [0.25, 0.3) is 0 Å². The van der Waals surface area contributed by atoms with Crippen molar-refractivity contribution in [3.05, 3.63) is 53.4 Å². The maximum Gasteiger partial charge on any atom is 0.191 e. The summed E-state index contributed by atoms with van der Waals surface area (Å²) in [6, 6.07) is 4.15. The molecule has 0 saturated heterocycles. The average Bonchev–Trinajstić information content (AvgIpc) is 3.03. The Bertz CT molecular complexity index is 915. The van der Waals surface area contributed by atoms with Gasteiger partial charge in [0.25, 0.3) is 0 Å². The zero-order valence-corrected chi connectivity index (χ0v) is 20.1. The van der Waals surface area contributed by atoms with Gasteiger partial charge in [-0.1, -0.05) is 6.07 Å². The number of guanidine groups is 1. The van der Waals surface area contributed by atoms with Crippen LogP contribution in [-0.4, -0.2) is 43.8 Å². The molecule has 1 aromatic heterocycles. The number of aliphatic imine (C=N–C) groups is 1. The first-order chi connectivity index (χ1) is 13.3. The first-order valence-electron chi connectivity index (χ1n) is 9.16. The summed E-state index contributed by atoms with van der Waals surface area (Å²) in [6.07, 6.45) is 6.89. The van der Waals surface area contributed by atoms with Gasteiger partial charge in [0.1, 0.15) is 11.6 Å². The molecule has 0 saturated carbocycles. The van der Waals surface area contributed by atoms with Gasteiger partial charge in [0, 0.05) is 45.3 Å². The summed E-state index contributed by atoms with van der Waals surface area (Å²) in [7, 11) is -1.54. The van der Waals surface area contributed by atoms with E-state index >= 15 is 0 Å². The van der Waals surface area contributed by atoms with Crippen LogP contribution in [0.3, 0.4) is 0 Å². The molecule has 2 N–H and O–H groups in total. The molecule has 0 aliphatic heterocycles. The topological polar surface area (TPSA) is 88.4 Å². The molecular formula is C19H29FIN5O2S. The molecule has 29 heavy (non-hydrogen) atoms. The Balaban J connectivity index is 0.00000420. The van der Waals surface area contributed by atoms with Crippen LogP contribution in [0.4, 0.5) is 4.39 Å². The maximum absolute atomic E-state index is 13.6. The van der Waals surface area contributed by atoms with Gasteiger partial charge in [-0.3, -0.25) is 4.99 Å². The van der Waals surface area contributed by atoms with Gasteiger partial charge >= 0.3 is 0 Å². The van der Waals surface area contributed by atoms with Crippen LogP contribution in [-0.2, 0) is 28.7 Å². The van der Waals surface area contributed by atoms with Crippen LogP contribution in [0.1, 0.15) is 29.8 Å². The molecule has 0 spiro atoms. The van der Waals surface area contributed by atoms with Crippen LogP contribution in [0.15, 0.2) is 35.6 Å². The molecule has 0 fully saturated rings. The number of hydrogen-bond acceptors (Lipinski definition) is 4. The summed E-state index contributed by atoms with van der Waals surface area (Å²) in [5, 5.41) is 6.33. The van der Waals surface area contributed by atoms with Crippen LogP contribution in [0.2, 0.25) is 0 Å². The van der Waals surface area contributed by atoms with Crippen molar-refractivity contribution >= 4 is 39.8 Å². The van der Waals surface area contributed by atoms with Crippen molar-refractivity contribution in [3.63, 3.8) is 0 Å². The average molecular weight is 537 g/mol. The number of aromatic nitrogens is 2. The molecule has 1 aromatic carbocycles. The summed E-state index contributed by atoms with van der Waals surface area (Å²) >= 11 is 0. The Morgan fingerprint density at radius 1 is 1.24 bits per heavy atom. The number of aryl methyl sites for hydroxylation is 2. The molecule has 1 heterocycles. The van der Waals surface area contributed by atoms with Crippen molar-refractivity contribution in [3.8, 4) is 0 Å². The molecule has 0 aliphatic rings. The minimum atomic E-state index is -3.20. The summed E-state index contributed by atoms with van der Waals surface area (Å²) in [6.45, 7) is 3.93. The highest BCUT2D eigenvalue weighted by Crippen LogP contribution is 2.14. The largest absolute Gasteiger partial charge is 0.356 e. The summed E-state index contributed by atoms with van der Waals surface area (Å²) in [4.78, 5) is 8.36. The number of imidazole rings is 1. The minimum absolute atomic E-state index is 0. The zero-order chi connectivity index (χ0) is 20.6. The number of halogens is 2. The van der Waals surface area contributed by atoms with Gasteiger partial charge in [-0.2, -0.15) is 0 Å². The Morgan fingerprint density at radius 3 is 2.62 bits per heavy atom. The third-order valence-electron chi connectivity index (χ3n) is 4.30. The highest BCUT2D eigenvalue weighted by atomic mass is 127. The highest BCUT2D eigenvalue weighted by Gasteiger charge is 2.11. The van der Waals surface area contributed by atoms with Crippen molar-refractivity contribution in [2.45, 2.75) is 38.6 Å². The third-order valence-corrected chi connectivity index (χ3v) is 5.13. The zero-order valence-electron chi connectivity index (χ0n) is 17.0. The Labute approximate surface area is 189 Å². The Morgan fingerprint density at radius 2 is 2.00 bits per heavy atom. The van der Waals surface area contributed by atoms with Crippen molar-refractivity contribution < 1.29 is 12.8 Å². The second-order valence-electron chi connectivity index (χ2n) is 6.71. The number of nitrogens with one attached hydrogen (secondary N) is 2. The predicted octanol–water partition coefficient (Wildman–Crippen LogP) is 2.64. The van der Waals surface area contributed by atoms with E-state index in [-0.39, 0.29) is 36.3 Å². The normalized spacial score (nSPS) is 11.8. The molecule has 0 aliphatic carbocycles. The van der Waals surface area contributed by atoms with E-state index in [1.54, 1.807) is 13.2 Å². The second-order valence-corrected chi connectivity index (χ2v) is 8.85. The fourth-order valence-electron chi connectivity index (χ4n) is 2.84. The molecule has 0 bridgehead atoms. The van der Waals surface area contributed by atoms with Crippen molar-refractivity contribution in [1.82, 2.24) is 20.2 Å². The Kier molecular flexibility index (Phi) is 10.6. The van der Waals surface area contributed by atoms with Gasteiger partial charge < -0.3 is 15.2 Å². The van der Waals surface area contributed by atoms with Crippen LogP contribution in [0, 0.1) is 12.7 Å². The van der Waals surface area contributed by atoms with Gasteiger partial charge in [0.15, 0.2) is 15.8 Å². The molecule has 162 valence electrons. The summed E-state index contributed by atoms with van der Waals surface area (Å²) in [5.74, 6) is 1.08. The molecule has 10 heteroatoms. The van der Waals surface area contributed by atoms with E-state index in [9.17, 15) is 12.8 Å². The number of sulfone groups is 1. The molecular weight excluding hydrogens is 508 g/mol. The van der Waals surface area contributed by atoms with Crippen LogP contribution >= 0.6 is 24.0 Å². The van der Waals surface area contributed by atoms with Gasteiger partial charge in [-0.25, -0.2) is 17.8 Å². The van der Waals surface area contributed by atoms with Gasteiger partial charge in [-0.05, 0) is 43.0 Å². The van der Waals surface area contributed by atoms with Gasteiger partial charge in [0.05, 0.1) is 5.75 Å². The van der Waals surface area contributed by atoms with Crippen molar-refractivity contribution in [2.24, 2.45) is 4.99 Å². The van der Waals surface area contributed by atoms with E-state index in [4.69, 9.17) is 0 Å². The molecule has 0 atom stereocenters. The molecule has 0 radical (unpaired) electrons. The Hall–Kier alpha value is -1.69. The predicted molar refractivity (Wildman–Crippen MR) is 125 cm³/mol. The lowest BCUT2D eigenvalue weighted by Crippen LogP contribution is -2.37. The fraction of sp³-hybridized carbons (Fsp3) is 0.474. The molecule has 7 nitrogen and oxygen atoms in total. The van der Waals surface area contributed by atoms with Crippen molar-refractivity contribution in [1.29, 1.82) is 0 Å². The van der Waals surface area contributed by atoms with E-state index in [1.165, 1.54) is 24.5 Å². The molecule has 0 unspecified atom stereocenters. The minimum Gasteiger partial charge on any atom is -0.356 e. The van der Waals surface area contributed by atoms with E-state index in [0.29, 0.717) is 17.1 Å². The smallest absolute Gasteiger partial charge is 0.191 e. The highest BCUT2D eigenvalue weighted by molar-refractivity contribution is 14.0. The molecule has 2 rings (SSSR count). The molecule has 2 aromatic rings. The molecule has 0 amide bonds. The third kappa shape index (κ3) is 9.11. The lowest BCUT2D eigenvalue weighted by atomic mass is 10.1. The maximum atomic E-state index is 13.6. The number of unbranched alkanes of at least 4 members (excludes halogenated alkanes) is 1. The summed E-state index contributed by atoms with van der Waals surface area (Å²) < 4.78 is 38.9. The number of benzene rings is 1. The van der Waals surface area contributed by atoms with Gasteiger partial charge in [0.2, 0.25) is 0 Å². The van der Waals surface area contributed by atoms with Crippen LogP contribution < -0.4 is 10.6 Å². The second kappa shape index (κ2) is 12.1.